The Labute approximate surface area is 117 Å². The van der Waals surface area contributed by atoms with E-state index in [4.69, 9.17) is 14.2 Å². The molecule has 0 aliphatic rings. The lowest BCUT2D eigenvalue weighted by Gasteiger charge is -2.18. The first kappa shape index (κ1) is 18.2. The van der Waals surface area contributed by atoms with Crippen LogP contribution in [0.4, 0.5) is 4.79 Å². The molecule has 0 aliphatic heterocycles. The molecule has 0 radical (unpaired) electrons. The van der Waals surface area contributed by atoms with Gasteiger partial charge in [0.05, 0.1) is 6.61 Å². The Hall–Kier alpha value is -0.810. The minimum Gasteiger partial charge on any atom is -0.444 e. The molecule has 1 amide bonds. The van der Waals surface area contributed by atoms with Gasteiger partial charge in [0.15, 0.2) is 6.29 Å². The molecule has 0 aliphatic carbocycles. The van der Waals surface area contributed by atoms with Gasteiger partial charge in [0.1, 0.15) is 6.10 Å². The molecule has 5 heteroatoms. The van der Waals surface area contributed by atoms with Crippen molar-refractivity contribution in [3.05, 3.63) is 0 Å². The smallest absolute Gasteiger partial charge is 0.407 e. The minimum atomic E-state index is -0.385. The zero-order valence-electron chi connectivity index (χ0n) is 12.7. The third kappa shape index (κ3) is 12.0. The molecule has 114 valence electrons. The Kier molecular flexibility index (Phi) is 11.7. The van der Waals surface area contributed by atoms with Gasteiger partial charge in [-0.15, -0.1) is 0 Å². The van der Waals surface area contributed by atoms with E-state index in [2.05, 4.69) is 19.2 Å². The van der Waals surface area contributed by atoms with Gasteiger partial charge in [-0.3, -0.25) is 0 Å². The quantitative estimate of drug-likeness (QED) is 0.465. The van der Waals surface area contributed by atoms with Crippen LogP contribution in [-0.2, 0) is 14.2 Å². The first-order valence-corrected chi connectivity index (χ1v) is 7.27. The Morgan fingerprint density at radius 3 is 2.42 bits per heavy atom. The predicted molar refractivity (Wildman–Crippen MR) is 75.1 cm³/mol. The van der Waals surface area contributed by atoms with Crippen LogP contribution in [0.15, 0.2) is 0 Å². The summed E-state index contributed by atoms with van der Waals surface area (Å²) < 4.78 is 16.0. The van der Waals surface area contributed by atoms with E-state index in [0.29, 0.717) is 19.8 Å². The van der Waals surface area contributed by atoms with Gasteiger partial charge in [0.2, 0.25) is 0 Å². The second kappa shape index (κ2) is 12.2. The maximum absolute atomic E-state index is 11.4. The second-order valence-corrected chi connectivity index (χ2v) is 4.62. The number of alkyl carbamates (subject to hydrolysis) is 1. The van der Waals surface area contributed by atoms with Crippen LogP contribution >= 0.6 is 0 Å². The molecule has 0 heterocycles. The molecule has 0 saturated carbocycles. The number of hydrogen-bond donors (Lipinski definition) is 1. The van der Waals surface area contributed by atoms with Crippen molar-refractivity contribution >= 4 is 6.09 Å². The number of unbranched alkanes of at least 4 members (excludes halogenated alkanes) is 2. The van der Waals surface area contributed by atoms with E-state index >= 15 is 0 Å². The fourth-order valence-electron chi connectivity index (χ4n) is 1.34. The number of hydrogen-bond acceptors (Lipinski definition) is 4. The summed E-state index contributed by atoms with van der Waals surface area (Å²) in [4.78, 5) is 11.4. The van der Waals surface area contributed by atoms with Gasteiger partial charge >= 0.3 is 6.09 Å². The van der Waals surface area contributed by atoms with Gasteiger partial charge in [-0.05, 0) is 26.7 Å². The van der Waals surface area contributed by atoms with E-state index in [9.17, 15) is 4.79 Å². The summed E-state index contributed by atoms with van der Waals surface area (Å²) in [5.41, 5.74) is 0. The highest BCUT2D eigenvalue weighted by atomic mass is 16.7. The predicted octanol–water partition coefficient (Wildman–Crippen LogP) is 3.08. The average Bonchev–Trinajstić information content (AvgIpc) is 2.37. The van der Waals surface area contributed by atoms with Gasteiger partial charge in [0.25, 0.3) is 0 Å². The molecule has 0 fully saturated rings. The Bertz CT molecular complexity index is 223. The van der Waals surface area contributed by atoms with Crippen LogP contribution in [0.3, 0.4) is 0 Å². The summed E-state index contributed by atoms with van der Waals surface area (Å²) in [6.07, 6.45) is 3.21. The van der Waals surface area contributed by atoms with E-state index in [-0.39, 0.29) is 18.5 Å². The second-order valence-electron chi connectivity index (χ2n) is 4.62. The SMILES string of the molecule is CCCCNC(=O)OC(C)COC(C)OCCCC. The van der Waals surface area contributed by atoms with Crippen molar-refractivity contribution in [2.45, 2.75) is 65.8 Å². The minimum absolute atomic E-state index is 0.263. The number of amides is 1. The highest BCUT2D eigenvalue weighted by Gasteiger charge is 2.11. The number of carbonyl (C=O) groups is 1. The molecule has 1 N–H and O–H groups in total. The number of rotatable bonds is 11. The molecule has 2 atom stereocenters. The van der Waals surface area contributed by atoms with E-state index in [1.54, 1.807) is 6.92 Å². The molecular weight excluding hydrogens is 246 g/mol. The molecular formula is C14H29NO4. The van der Waals surface area contributed by atoms with Gasteiger partial charge < -0.3 is 19.5 Å². The van der Waals surface area contributed by atoms with Crippen molar-refractivity contribution in [1.29, 1.82) is 0 Å². The van der Waals surface area contributed by atoms with Gasteiger partial charge in [-0.2, -0.15) is 0 Å². The molecule has 0 spiro atoms. The summed E-state index contributed by atoms with van der Waals surface area (Å²) in [6, 6.07) is 0. The first-order chi connectivity index (χ1) is 9.10. The van der Waals surface area contributed by atoms with Crippen LogP contribution in [0.5, 0.6) is 0 Å². The van der Waals surface area contributed by atoms with E-state index in [1.807, 2.05) is 6.92 Å². The zero-order valence-corrected chi connectivity index (χ0v) is 12.7. The monoisotopic (exact) mass is 275 g/mol. The topological polar surface area (TPSA) is 56.8 Å². The Morgan fingerprint density at radius 1 is 1.11 bits per heavy atom. The Morgan fingerprint density at radius 2 is 1.79 bits per heavy atom. The third-order valence-electron chi connectivity index (χ3n) is 2.52. The highest BCUT2D eigenvalue weighted by Crippen LogP contribution is 2.00. The lowest BCUT2D eigenvalue weighted by Crippen LogP contribution is -2.31. The maximum Gasteiger partial charge on any atom is 0.407 e. The molecule has 0 rings (SSSR count). The fourth-order valence-corrected chi connectivity index (χ4v) is 1.34. The molecule has 0 saturated heterocycles. The van der Waals surface area contributed by atoms with Crippen LogP contribution in [0, 0.1) is 0 Å². The van der Waals surface area contributed by atoms with Gasteiger partial charge in [-0.25, -0.2) is 4.79 Å². The molecule has 5 nitrogen and oxygen atoms in total. The Balaban J connectivity index is 3.56. The standard InChI is InChI=1S/C14H29NO4/c1-5-7-9-15-14(16)19-12(3)11-18-13(4)17-10-8-6-2/h12-13H,5-11H2,1-4H3,(H,15,16). The zero-order chi connectivity index (χ0) is 14.5. The van der Waals surface area contributed by atoms with Crippen molar-refractivity contribution in [1.82, 2.24) is 5.32 Å². The van der Waals surface area contributed by atoms with Gasteiger partial charge in [-0.1, -0.05) is 26.7 Å². The van der Waals surface area contributed by atoms with Crippen molar-refractivity contribution < 1.29 is 19.0 Å². The molecule has 19 heavy (non-hydrogen) atoms. The van der Waals surface area contributed by atoms with Crippen LogP contribution in [0.25, 0.3) is 0 Å². The van der Waals surface area contributed by atoms with Crippen molar-refractivity contribution in [3.63, 3.8) is 0 Å². The molecule has 0 aromatic heterocycles. The lowest BCUT2D eigenvalue weighted by molar-refractivity contribution is -0.145. The van der Waals surface area contributed by atoms with Crippen molar-refractivity contribution in [2.75, 3.05) is 19.8 Å². The average molecular weight is 275 g/mol. The van der Waals surface area contributed by atoms with Crippen molar-refractivity contribution in [2.24, 2.45) is 0 Å². The molecule has 0 bridgehead atoms. The normalized spacial score (nSPS) is 13.9. The lowest BCUT2D eigenvalue weighted by atomic mass is 10.3. The van der Waals surface area contributed by atoms with Crippen LogP contribution in [-0.4, -0.2) is 38.2 Å². The van der Waals surface area contributed by atoms with Crippen LogP contribution < -0.4 is 5.32 Å². The van der Waals surface area contributed by atoms with Crippen LogP contribution in [0.1, 0.15) is 53.4 Å². The molecule has 0 aromatic carbocycles. The summed E-state index contributed by atoms with van der Waals surface area (Å²) in [7, 11) is 0. The molecule has 2 unspecified atom stereocenters. The summed E-state index contributed by atoms with van der Waals surface area (Å²) in [5, 5.41) is 2.70. The van der Waals surface area contributed by atoms with E-state index < -0.39 is 0 Å². The summed E-state index contributed by atoms with van der Waals surface area (Å²) >= 11 is 0. The fraction of sp³-hybridized carbons (Fsp3) is 0.929. The highest BCUT2D eigenvalue weighted by molar-refractivity contribution is 5.67. The van der Waals surface area contributed by atoms with Gasteiger partial charge in [0, 0.05) is 13.2 Å². The number of carbonyl (C=O) groups excluding carboxylic acids is 1. The third-order valence-corrected chi connectivity index (χ3v) is 2.52. The van der Waals surface area contributed by atoms with E-state index in [1.165, 1.54) is 0 Å². The number of nitrogens with one attached hydrogen (secondary N) is 1. The first-order valence-electron chi connectivity index (χ1n) is 7.27. The summed E-state index contributed by atoms with van der Waals surface area (Å²) in [5.74, 6) is 0. The largest absolute Gasteiger partial charge is 0.444 e. The number of ether oxygens (including phenoxy) is 3. The van der Waals surface area contributed by atoms with Crippen molar-refractivity contribution in [3.8, 4) is 0 Å². The van der Waals surface area contributed by atoms with E-state index in [0.717, 1.165) is 25.7 Å². The molecule has 0 aromatic rings. The van der Waals surface area contributed by atoms with Crippen LogP contribution in [0.2, 0.25) is 0 Å². The summed E-state index contributed by atoms with van der Waals surface area (Å²) in [6.45, 7) is 9.53. The maximum atomic E-state index is 11.4.